The van der Waals surface area contributed by atoms with Gasteiger partial charge in [-0.2, -0.15) is 15.0 Å². The van der Waals surface area contributed by atoms with Gasteiger partial charge in [0.1, 0.15) is 17.0 Å². The van der Waals surface area contributed by atoms with Crippen molar-refractivity contribution < 1.29 is 14.1 Å². The van der Waals surface area contributed by atoms with Crippen molar-refractivity contribution in [2.24, 2.45) is 0 Å². The summed E-state index contributed by atoms with van der Waals surface area (Å²) in [6.07, 6.45) is 0. The summed E-state index contributed by atoms with van der Waals surface area (Å²) in [5.41, 5.74) is 7.98. The number of benzene rings is 2. The summed E-state index contributed by atoms with van der Waals surface area (Å²) in [5.74, 6) is 0.251. The van der Waals surface area contributed by atoms with Crippen molar-refractivity contribution in [2.45, 2.75) is 13.5 Å². The van der Waals surface area contributed by atoms with Gasteiger partial charge >= 0.3 is 5.97 Å². The van der Waals surface area contributed by atoms with Crippen LogP contribution in [-0.4, -0.2) is 26.1 Å². The number of hydrogen-bond acceptors (Lipinski definition) is 9. The number of aromatic nitrogens is 4. The number of ether oxygens (including phenoxy) is 1. The van der Waals surface area contributed by atoms with E-state index in [0.29, 0.717) is 11.5 Å². The Kier molecular flexibility index (Phi) is 5.33. The molecule has 0 saturated carbocycles. The number of rotatable bonds is 6. The minimum absolute atomic E-state index is 0.0145. The number of carbonyl (C=O) groups is 1. The molecule has 0 bridgehead atoms. The monoisotopic (exact) mass is 402 g/mol. The summed E-state index contributed by atoms with van der Waals surface area (Å²) >= 11 is 0. The zero-order chi connectivity index (χ0) is 20.9. The molecule has 0 spiro atoms. The minimum atomic E-state index is -0.593. The molecule has 0 unspecified atom stereocenters. The van der Waals surface area contributed by atoms with Crippen LogP contribution in [0.3, 0.4) is 0 Å². The highest BCUT2D eigenvalue weighted by Gasteiger charge is 2.23. The van der Waals surface area contributed by atoms with Gasteiger partial charge in [-0.05, 0) is 19.1 Å². The lowest BCUT2D eigenvalue weighted by molar-refractivity contribution is 0.0461. The van der Waals surface area contributed by atoms with Gasteiger partial charge in [0, 0.05) is 11.3 Å². The summed E-state index contributed by atoms with van der Waals surface area (Å²) < 4.78 is 10.6. The quantitative estimate of drug-likeness (QED) is 0.465. The molecule has 0 saturated heterocycles. The summed E-state index contributed by atoms with van der Waals surface area (Å²) in [6, 6.07) is 18.6. The zero-order valence-corrected chi connectivity index (χ0v) is 16.1. The van der Waals surface area contributed by atoms with Gasteiger partial charge in [-0.15, -0.1) is 0 Å². The van der Waals surface area contributed by atoms with Gasteiger partial charge in [0.2, 0.25) is 11.9 Å². The molecular formula is C21H18N6O3. The largest absolute Gasteiger partial charge is 0.454 e. The maximum atomic E-state index is 12.7. The Hall–Kier alpha value is -4.27. The first-order chi connectivity index (χ1) is 14.6. The van der Waals surface area contributed by atoms with Crippen molar-refractivity contribution in [3.05, 3.63) is 77.8 Å². The summed E-state index contributed by atoms with van der Waals surface area (Å²) in [6.45, 7) is 1.46. The van der Waals surface area contributed by atoms with Gasteiger partial charge in [-0.25, -0.2) is 4.79 Å². The molecule has 2 aromatic carbocycles. The molecule has 4 rings (SSSR count). The fraction of sp³-hybridized carbons (Fsp3) is 0.0952. The Balaban J connectivity index is 1.50. The number of aryl methyl sites for hydroxylation is 1. The molecule has 0 amide bonds. The highest BCUT2D eigenvalue weighted by molar-refractivity contribution is 5.97. The van der Waals surface area contributed by atoms with Crippen LogP contribution in [0.2, 0.25) is 0 Å². The van der Waals surface area contributed by atoms with Gasteiger partial charge in [0.15, 0.2) is 12.4 Å². The van der Waals surface area contributed by atoms with Crippen LogP contribution in [0.4, 0.5) is 17.6 Å². The third-order valence-electron chi connectivity index (χ3n) is 4.18. The normalized spacial score (nSPS) is 10.6. The van der Waals surface area contributed by atoms with E-state index < -0.39 is 5.97 Å². The van der Waals surface area contributed by atoms with Gasteiger partial charge in [-0.3, -0.25) is 0 Å². The van der Waals surface area contributed by atoms with Crippen LogP contribution < -0.4 is 11.1 Å². The standard InChI is InChI=1S/C21H18N6O3/c1-13-17(18(27-30-13)14-8-4-2-5-9-14)19(28)29-12-16-24-20(22)26-21(25-16)23-15-10-6-3-7-11-15/h2-11H,12H2,1H3,(H3,22,23,24,25,26). The van der Waals surface area contributed by atoms with Gasteiger partial charge < -0.3 is 20.3 Å². The SMILES string of the molecule is Cc1onc(-c2ccccc2)c1C(=O)OCc1nc(N)nc(Nc2ccccc2)n1. The number of nitrogen functional groups attached to an aromatic ring is 1. The van der Waals surface area contributed by atoms with Crippen molar-refractivity contribution in [3.8, 4) is 11.3 Å². The van der Waals surface area contributed by atoms with Crippen molar-refractivity contribution >= 4 is 23.6 Å². The molecule has 30 heavy (non-hydrogen) atoms. The van der Waals surface area contributed by atoms with E-state index in [0.717, 1.165) is 11.3 Å². The van der Waals surface area contributed by atoms with Crippen molar-refractivity contribution in [2.75, 3.05) is 11.1 Å². The second-order valence-corrected chi connectivity index (χ2v) is 6.33. The number of hydrogen-bond donors (Lipinski definition) is 2. The first-order valence-corrected chi connectivity index (χ1v) is 9.11. The maximum absolute atomic E-state index is 12.7. The van der Waals surface area contributed by atoms with E-state index in [1.165, 1.54) is 0 Å². The highest BCUT2D eigenvalue weighted by Crippen LogP contribution is 2.26. The molecule has 0 aliphatic heterocycles. The number of nitrogens with zero attached hydrogens (tertiary/aromatic N) is 4. The molecule has 2 heterocycles. The minimum Gasteiger partial charge on any atom is -0.454 e. The fourth-order valence-corrected chi connectivity index (χ4v) is 2.82. The van der Waals surface area contributed by atoms with E-state index in [-0.39, 0.29) is 29.9 Å². The molecule has 0 aliphatic carbocycles. The van der Waals surface area contributed by atoms with Crippen LogP contribution in [0.25, 0.3) is 11.3 Å². The van der Waals surface area contributed by atoms with Crippen LogP contribution in [0, 0.1) is 6.92 Å². The molecule has 0 atom stereocenters. The number of anilines is 3. The second kappa shape index (κ2) is 8.39. The van der Waals surface area contributed by atoms with E-state index in [1.54, 1.807) is 6.92 Å². The Morgan fingerprint density at radius 3 is 2.47 bits per heavy atom. The predicted molar refractivity (Wildman–Crippen MR) is 110 cm³/mol. The predicted octanol–water partition coefficient (Wildman–Crippen LogP) is 3.52. The molecule has 9 nitrogen and oxygen atoms in total. The lowest BCUT2D eigenvalue weighted by atomic mass is 10.1. The first kappa shape index (κ1) is 19.1. The van der Waals surface area contributed by atoms with Crippen LogP contribution in [-0.2, 0) is 11.3 Å². The average Bonchev–Trinajstić information content (AvgIpc) is 3.14. The zero-order valence-electron chi connectivity index (χ0n) is 16.1. The third-order valence-corrected chi connectivity index (χ3v) is 4.18. The van der Waals surface area contributed by atoms with Gasteiger partial charge in [0.25, 0.3) is 0 Å². The molecule has 3 N–H and O–H groups in total. The third kappa shape index (κ3) is 4.25. The molecule has 0 fully saturated rings. The van der Waals surface area contributed by atoms with Gasteiger partial charge in [-0.1, -0.05) is 53.7 Å². The molecule has 9 heteroatoms. The summed E-state index contributed by atoms with van der Waals surface area (Å²) in [4.78, 5) is 25.1. The van der Waals surface area contributed by atoms with Crippen molar-refractivity contribution in [3.63, 3.8) is 0 Å². The smallest absolute Gasteiger partial charge is 0.344 e. The number of carbonyl (C=O) groups excluding carboxylic acids is 1. The average molecular weight is 402 g/mol. The topological polar surface area (TPSA) is 129 Å². The number of nitrogens with one attached hydrogen (secondary N) is 1. The molecule has 0 aliphatic rings. The number of nitrogens with two attached hydrogens (primary N) is 1. The Morgan fingerprint density at radius 2 is 1.73 bits per heavy atom. The Bertz CT molecular complexity index is 1160. The molecular weight excluding hydrogens is 384 g/mol. The van der Waals surface area contributed by atoms with Gasteiger partial charge in [0.05, 0.1) is 0 Å². The van der Waals surface area contributed by atoms with Crippen LogP contribution in [0.15, 0.2) is 65.2 Å². The first-order valence-electron chi connectivity index (χ1n) is 9.11. The molecule has 150 valence electrons. The maximum Gasteiger partial charge on any atom is 0.344 e. The number of esters is 1. The lowest BCUT2D eigenvalue weighted by Gasteiger charge is -2.08. The summed E-state index contributed by atoms with van der Waals surface area (Å²) in [5, 5.41) is 7.02. The van der Waals surface area contributed by atoms with E-state index >= 15 is 0 Å². The van der Waals surface area contributed by atoms with Crippen LogP contribution in [0.5, 0.6) is 0 Å². The molecule has 4 aromatic rings. The molecule has 0 radical (unpaired) electrons. The van der Waals surface area contributed by atoms with Crippen LogP contribution >= 0.6 is 0 Å². The van der Waals surface area contributed by atoms with Crippen molar-refractivity contribution in [1.82, 2.24) is 20.1 Å². The lowest BCUT2D eigenvalue weighted by Crippen LogP contribution is -2.12. The Morgan fingerprint density at radius 1 is 1.03 bits per heavy atom. The molecule has 2 aromatic heterocycles. The van der Waals surface area contributed by atoms with E-state index in [9.17, 15) is 4.79 Å². The van der Waals surface area contributed by atoms with Crippen LogP contribution in [0.1, 0.15) is 21.9 Å². The van der Waals surface area contributed by atoms with E-state index in [2.05, 4.69) is 25.4 Å². The van der Waals surface area contributed by atoms with Crippen molar-refractivity contribution in [1.29, 1.82) is 0 Å². The fourth-order valence-electron chi connectivity index (χ4n) is 2.82. The number of para-hydroxylation sites is 1. The van der Waals surface area contributed by atoms with E-state index in [1.807, 2.05) is 60.7 Å². The highest BCUT2D eigenvalue weighted by atomic mass is 16.5. The Labute approximate surface area is 171 Å². The van der Waals surface area contributed by atoms with E-state index in [4.69, 9.17) is 15.0 Å². The summed E-state index contributed by atoms with van der Waals surface area (Å²) in [7, 11) is 0. The second-order valence-electron chi connectivity index (χ2n) is 6.33.